The molecule has 1 aromatic rings. The van der Waals surface area contributed by atoms with E-state index in [2.05, 4.69) is 11.9 Å². The minimum atomic E-state index is 0.111. The number of carbonyl (C=O) groups is 2. The van der Waals surface area contributed by atoms with E-state index in [1.807, 2.05) is 21.9 Å². The van der Waals surface area contributed by atoms with Crippen LogP contribution in [-0.4, -0.2) is 61.4 Å². The highest BCUT2D eigenvalue weighted by Crippen LogP contribution is 2.38. The summed E-state index contributed by atoms with van der Waals surface area (Å²) in [5.74, 6) is 0.285. The van der Waals surface area contributed by atoms with Crippen molar-refractivity contribution < 1.29 is 9.59 Å². The fraction of sp³-hybridized carbons (Fsp3) is 0.500. The van der Waals surface area contributed by atoms with Gasteiger partial charge in [0.05, 0.1) is 12.1 Å². The van der Waals surface area contributed by atoms with Gasteiger partial charge in [0.25, 0.3) is 5.91 Å². The second kappa shape index (κ2) is 4.56. The minimum Gasteiger partial charge on any atom is -0.336 e. The molecule has 0 bridgehead atoms. The Balaban J connectivity index is 1.64. The summed E-state index contributed by atoms with van der Waals surface area (Å²) in [5, 5.41) is 0. The molecule has 0 aliphatic carbocycles. The van der Waals surface area contributed by atoms with Gasteiger partial charge in [-0.2, -0.15) is 0 Å². The summed E-state index contributed by atoms with van der Waals surface area (Å²) >= 11 is 0. The van der Waals surface area contributed by atoms with Gasteiger partial charge >= 0.3 is 0 Å². The van der Waals surface area contributed by atoms with Crippen molar-refractivity contribution in [1.29, 1.82) is 0 Å². The van der Waals surface area contributed by atoms with Crippen LogP contribution in [0.4, 0.5) is 5.69 Å². The molecule has 1 saturated heterocycles. The number of piperazine rings is 1. The Morgan fingerprint density at radius 1 is 1.05 bits per heavy atom. The lowest BCUT2D eigenvalue weighted by Gasteiger charge is -2.32. The van der Waals surface area contributed by atoms with Crippen LogP contribution >= 0.6 is 0 Å². The predicted molar refractivity (Wildman–Crippen MR) is 79.6 cm³/mol. The molecule has 3 heterocycles. The molecule has 0 unspecified atom stereocenters. The van der Waals surface area contributed by atoms with E-state index in [1.165, 1.54) is 0 Å². The fourth-order valence-corrected chi connectivity index (χ4v) is 3.60. The maximum absolute atomic E-state index is 12.7. The molecule has 3 aliphatic heterocycles. The molecule has 0 N–H and O–H groups in total. The molecule has 5 heteroatoms. The van der Waals surface area contributed by atoms with E-state index in [0.717, 1.165) is 61.5 Å². The molecule has 0 saturated carbocycles. The van der Waals surface area contributed by atoms with Gasteiger partial charge in [0.1, 0.15) is 0 Å². The van der Waals surface area contributed by atoms with E-state index in [9.17, 15) is 9.59 Å². The lowest BCUT2D eigenvalue weighted by atomic mass is 10.0. The molecule has 0 aromatic heterocycles. The third kappa shape index (κ3) is 1.95. The maximum Gasteiger partial charge on any atom is 0.253 e. The number of benzene rings is 1. The van der Waals surface area contributed by atoms with Crippen LogP contribution in [0.15, 0.2) is 12.1 Å². The van der Waals surface area contributed by atoms with Crippen LogP contribution in [0.5, 0.6) is 0 Å². The van der Waals surface area contributed by atoms with E-state index in [-0.39, 0.29) is 11.8 Å². The molecule has 1 aromatic carbocycles. The van der Waals surface area contributed by atoms with Crippen LogP contribution in [0.3, 0.4) is 0 Å². The largest absolute Gasteiger partial charge is 0.336 e. The normalized spacial score (nSPS) is 21.1. The highest BCUT2D eigenvalue weighted by Gasteiger charge is 2.35. The predicted octanol–water partition coefficient (Wildman–Crippen LogP) is 0.519. The Labute approximate surface area is 124 Å². The van der Waals surface area contributed by atoms with E-state index >= 15 is 0 Å². The highest BCUT2D eigenvalue weighted by molar-refractivity contribution is 6.05. The van der Waals surface area contributed by atoms with Crippen LogP contribution in [0.25, 0.3) is 0 Å². The number of amides is 2. The molecule has 4 rings (SSSR count). The second-order valence-electron chi connectivity index (χ2n) is 6.21. The minimum absolute atomic E-state index is 0.111. The number of anilines is 1. The third-order valence-corrected chi connectivity index (χ3v) is 4.82. The average molecular weight is 285 g/mol. The molecule has 5 nitrogen and oxygen atoms in total. The number of hydrogen-bond donors (Lipinski definition) is 0. The highest BCUT2D eigenvalue weighted by atomic mass is 16.2. The van der Waals surface area contributed by atoms with Crippen molar-refractivity contribution in [2.75, 3.05) is 44.7 Å². The Morgan fingerprint density at radius 3 is 2.52 bits per heavy atom. The molecule has 2 amide bonds. The quantitative estimate of drug-likeness (QED) is 0.755. The number of likely N-dealkylation sites (N-methyl/N-ethyl adjacent to an activating group) is 1. The third-order valence-electron chi connectivity index (χ3n) is 4.82. The van der Waals surface area contributed by atoms with Crippen LogP contribution < -0.4 is 4.90 Å². The molecule has 0 atom stereocenters. The van der Waals surface area contributed by atoms with Crippen LogP contribution in [0.1, 0.15) is 21.5 Å². The van der Waals surface area contributed by atoms with Crippen molar-refractivity contribution >= 4 is 17.5 Å². The standard InChI is InChI=1S/C16H19N3O2/c1-17-4-6-18(7-5-17)16(21)13-8-11-2-3-19-14(20)10-12(9-13)15(11)19/h8-9H,2-7,10H2,1H3. The van der Waals surface area contributed by atoms with Gasteiger partial charge in [-0.15, -0.1) is 0 Å². The van der Waals surface area contributed by atoms with Gasteiger partial charge in [0.2, 0.25) is 5.91 Å². The molecule has 110 valence electrons. The van der Waals surface area contributed by atoms with Gasteiger partial charge in [0, 0.05) is 38.3 Å². The summed E-state index contributed by atoms with van der Waals surface area (Å²) < 4.78 is 0. The van der Waals surface area contributed by atoms with Crippen LogP contribution in [-0.2, 0) is 17.6 Å². The van der Waals surface area contributed by atoms with Gasteiger partial charge in [0.15, 0.2) is 0 Å². The average Bonchev–Trinajstić information content (AvgIpc) is 3.04. The first-order valence-electron chi connectivity index (χ1n) is 7.57. The zero-order chi connectivity index (χ0) is 14.6. The number of nitrogens with zero attached hydrogens (tertiary/aromatic N) is 3. The number of carbonyl (C=O) groups excluding carboxylic acids is 2. The van der Waals surface area contributed by atoms with E-state index in [0.29, 0.717) is 6.42 Å². The van der Waals surface area contributed by atoms with Crippen LogP contribution in [0, 0.1) is 0 Å². The van der Waals surface area contributed by atoms with Crippen molar-refractivity contribution in [3.63, 3.8) is 0 Å². The number of hydrogen-bond acceptors (Lipinski definition) is 3. The molecule has 3 aliphatic rings. The first-order valence-corrected chi connectivity index (χ1v) is 7.57. The summed E-state index contributed by atoms with van der Waals surface area (Å²) in [4.78, 5) is 30.7. The molecule has 0 spiro atoms. The zero-order valence-electron chi connectivity index (χ0n) is 12.3. The lowest BCUT2D eigenvalue weighted by molar-refractivity contribution is -0.117. The summed E-state index contributed by atoms with van der Waals surface area (Å²) in [7, 11) is 2.08. The van der Waals surface area contributed by atoms with E-state index < -0.39 is 0 Å². The van der Waals surface area contributed by atoms with Crippen LogP contribution in [0.2, 0.25) is 0 Å². The fourth-order valence-electron chi connectivity index (χ4n) is 3.60. The van der Waals surface area contributed by atoms with Crippen molar-refractivity contribution in [1.82, 2.24) is 9.80 Å². The Kier molecular flexibility index (Phi) is 2.79. The van der Waals surface area contributed by atoms with Gasteiger partial charge in [-0.05, 0) is 36.7 Å². The van der Waals surface area contributed by atoms with Crippen molar-refractivity contribution in [2.45, 2.75) is 12.8 Å². The maximum atomic E-state index is 12.7. The first kappa shape index (κ1) is 12.8. The lowest BCUT2D eigenvalue weighted by Crippen LogP contribution is -2.47. The Hall–Kier alpha value is -1.88. The number of rotatable bonds is 1. The molecule has 21 heavy (non-hydrogen) atoms. The van der Waals surface area contributed by atoms with Gasteiger partial charge < -0.3 is 14.7 Å². The SMILES string of the molecule is CN1CCN(C(=O)c2cc3c4c(c2)CC(=O)N4CC3)CC1. The topological polar surface area (TPSA) is 43.9 Å². The monoisotopic (exact) mass is 285 g/mol. The van der Waals surface area contributed by atoms with E-state index in [1.54, 1.807) is 0 Å². The van der Waals surface area contributed by atoms with Gasteiger partial charge in [-0.3, -0.25) is 9.59 Å². The summed E-state index contributed by atoms with van der Waals surface area (Å²) in [6.07, 6.45) is 1.32. The molecule has 1 fully saturated rings. The van der Waals surface area contributed by atoms with Crippen molar-refractivity contribution in [3.05, 3.63) is 28.8 Å². The smallest absolute Gasteiger partial charge is 0.253 e. The van der Waals surface area contributed by atoms with E-state index in [4.69, 9.17) is 0 Å². The summed E-state index contributed by atoms with van der Waals surface area (Å²) in [5.41, 5.74) is 4.03. The first-order chi connectivity index (χ1) is 10.1. The Morgan fingerprint density at radius 2 is 1.76 bits per heavy atom. The second-order valence-corrected chi connectivity index (χ2v) is 6.21. The zero-order valence-corrected chi connectivity index (χ0v) is 12.3. The molecule has 0 radical (unpaired) electrons. The van der Waals surface area contributed by atoms with Gasteiger partial charge in [-0.1, -0.05) is 0 Å². The van der Waals surface area contributed by atoms with Crippen molar-refractivity contribution in [2.24, 2.45) is 0 Å². The van der Waals surface area contributed by atoms with Gasteiger partial charge in [-0.25, -0.2) is 0 Å². The van der Waals surface area contributed by atoms with Crippen molar-refractivity contribution in [3.8, 4) is 0 Å². The summed E-state index contributed by atoms with van der Waals surface area (Å²) in [6.45, 7) is 4.19. The molecular weight excluding hydrogens is 266 g/mol. The molecular formula is C16H19N3O2. The summed E-state index contributed by atoms with van der Waals surface area (Å²) in [6, 6.07) is 3.93. The Bertz CT molecular complexity index is 633.